The van der Waals surface area contributed by atoms with Crippen molar-refractivity contribution in [2.45, 2.75) is 53.1 Å². The molecule has 0 aliphatic carbocycles. The Morgan fingerprint density at radius 1 is 1.37 bits per heavy atom. The van der Waals surface area contributed by atoms with Crippen molar-refractivity contribution in [2.24, 2.45) is 0 Å². The van der Waals surface area contributed by atoms with Gasteiger partial charge in [0.25, 0.3) is 0 Å². The summed E-state index contributed by atoms with van der Waals surface area (Å²) in [6, 6.07) is 1.97. The van der Waals surface area contributed by atoms with E-state index >= 15 is 0 Å². The van der Waals surface area contributed by atoms with Crippen LogP contribution in [0.2, 0.25) is 0 Å². The molecule has 19 heavy (non-hydrogen) atoms. The lowest BCUT2D eigenvalue weighted by atomic mass is 10.2. The molecular weight excluding hydrogens is 241 g/mol. The number of nitrogens with zero attached hydrogens (tertiary/aromatic N) is 2. The molecule has 0 radical (unpaired) electrons. The van der Waals surface area contributed by atoms with Gasteiger partial charge in [-0.2, -0.15) is 0 Å². The van der Waals surface area contributed by atoms with Gasteiger partial charge in [-0.15, -0.1) is 0 Å². The van der Waals surface area contributed by atoms with Crippen molar-refractivity contribution in [3.05, 3.63) is 23.6 Å². The molecule has 1 rings (SSSR count). The zero-order chi connectivity index (χ0) is 14.3. The van der Waals surface area contributed by atoms with Gasteiger partial charge in [0.1, 0.15) is 11.6 Å². The maximum Gasteiger partial charge on any atom is 0.141 e. The standard InChI is InChI=1S/C15H26FN3/c1-5-7-8-19(6-2)15-13(10-17-12(3)4)9-14(16)11-18-15/h9,11-12,17H,5-8,10H2,1-4H3. The second-order valence-corrected chi connectivity index (χ2v) is 5.11. The van der Waals surface area contributed by atoms with E-state index in [2.05, 4.69) is 42.9 Å². The number of aromatic nitrogens is 1. The lowest BCUT2D eigenvalue weighted by molar-refractivity contribution is 0.575. The fraction of sp³-hybridized carbons (Fsp3) is 0.667. The SMILES string of the molecule is CCCCN(CC)c1ncc(F)cc1CNC(C)C. The van der Waals surface area contributed by atoms with Crippen molar-refractivity contribution >= 4 is 5.82 Å². The normalized spacial score (nSPS) is 11.1. The number of hydrogen-bond acceptors (Lipinski definition) is 3. The van der Waals surface area contributed by atoms with Crippen molar-refractivity contribution in [2.75, 3.05) is 18.0 Å². The van der Waals surface area contributed by atoms with Gasteiger partial charge in [0.15, 0.2) is 0 Å². The quantitative estimate of drug-likeness (QED) is 0.783. The molecule has 108 valence electrons. The highest BCUT2D eigenvalue weighted by Gasteiger charge is 2.12. The molecule has 1 N–H and O–H groups in total. The summed E-state index contributed by atoms with van der Waals surface area (Å²) in [7, 11) is 0. The number of nitrogens with one attached hydrogen (secondary N) is 1. The molecule has 0 aromatic carbocycles. The largest absolute Gasteiger partial charge is 0.357 e. The summed E-state index contributed by atoms with van der Waals surface area (Å²) in [6.07, 6.45) is 3.59. The van der Waals surface area contributed by atoms with E-state index in [-0.39, 0.29) is 5.82 Å². The van der Waals surface area contributed by atoms with Gasteiger partial charge in [-0.3, -0.25) is 0 Å². The van der Waals surface area contributed by atoms with Gasteiger partial charge in [0.2, 0.25) is 0 Å². The molecular formula is C15H26FN3. The van der Waals surface area contributed by atoms with E-state index in [9.17, 15) is 4.39 Å². The summed E-state index contributed by atoms with van der Waals surface area (Å²) in [4.78, 5) is 6.51. The van der Waals surface area contributed by atoms with E-state index in [1.165, 1.54) is 6.20 Å². The van der Waals surface area contributed by atoms with Crippen LogP contribution in [0.5, 0.6) is 0 Å². The van der Waals surface area contributed by atoms with Gasteiger partial charge in [0.05, 0.1) is 6.20 Å². The minimum atomic E-state index is -0.268. The molecule has 4 heteroatoms. The topological polar surface area (TPSA) is 28.2 Å². The Labute approximate surface area is 116 Å². The van der Waals surface area contributed by atoms with Crippen LogP contribution in [0, 0.1) is 5.82 Å². The Morgan fingerprint density at radius 3 is 2.68 bits per heavy atom. The second-order valence-electron chi connectivity index (χ2n) is 5.11. The highest BCUT2D eigenvalue weighted by atomic mass is 19.1. The zero-order valence-corrected chi connectivity index (χ0v) is 12.5. The van der Waals surface area contributed by atoms with Gasteiger partial charge >= 0.3 is 0 Å². The Balaban J connectivity index is 2.89. The smallest absolute Gasteiger partial charge is 0.141 e. The van der Waals surface area contributed by atoms with Gasteiger partial charge < -0.3 is 10.2 Å². The molecule has 3 nitrogen and oxygen atoms in total. The number of hydrogen-bond donors (Lipinski definition) is 1. The molecule has 0 spiro atoms. The molecule has 0 aliphatic heterocycles. The molecule has 0 atom stereocenters. The summed E-state index contributed by atoms with van der Waals surface area (Å²) >= 11 is 0. The van der Waals surface area contributed by atoms with Gasteiger partial charge in [-0.25, -0.2) is 9.37 Å². The van der Waals surface area contributed by atoms with Crippen molar-refractivity contribution < 1.29 is 4.39 Å². The minimum Gasteiger partial charge on any atom is -0.357 e. The van der Waals surface area contributed by atoms with Gasteiger partial charge in [-0.1, -0.05) is 27.2 Å². The number of unbranched alkanes of at least 4 members (excludes halogenated alkanes) is 1. The van der Waals surface area contributed by atoms with Crippen LogP contribution in [0.3, 0.4) is 0 Å². The van der Waals surface area contributed by atoms with Crippen LogP contribution in [0.15, 0.2) is 12.3 Å². The first kappa shape index (κ1) is 15.9. The maximum atomic E-state index is 13.4. The second kappa shape index (κ2) is 8.10. The fourth-order valence-electron chi connectivity index (χ4n) is 1.97. The molecule has 0 amide bonds. The first-order valence-corrected chi connectivity index (χ1v) is 7.21. The van der Waals surface area contributed by atoms with Crippen molar-refractivity contribution in [1.29, 1.82) is 0 Å². The van der Waals surface area contributed by atoms with Crippen molar-refractivity contribution in [3.8, 4) is 0 Å². The highest BCUT2D eigenvalue weighted by Crippen LogP contribution is 2.19. The average Bonchev–Trinajstić information content (AvgIpc) is 2.38. The first-order valence-electron chi connectivity index (χ1n) is 7.21. The molecule has 0 fully saturated rings. The average molecular weight is 267 g/mol. The lowest BCUT2D eigenvalue weighted by Gasteiger charge is -2.24. The lowest BCUT2D eigenvalue weighted by Crippen LogP contribution is -2.28. The fourth-order valence-corrected chi connectivity index (χ4v) is 1.97. The van der Waals surface area contributed by atoms with E-state index in [1.54, 1.807) is 6.07 Å². The minimum absolute atomic E-state index is 0.268. The van der Waals surface area contributed by atoms with E-state index < -0.39 is 0 Å². The monoisotopic (exact) mass is 267 g/mol. The van der Waals surface area contributed by atoms with Crippen LogP contribution in [0.25, 0.3) is 0 Å². The number of pyridine rings is 1. The van der Waals surface area contributed by atoms with Crippen LogP contribution < -0.4 is 10.2 Å². The van der Waals surface area contributed by atoms with E-state index in [0.29, 0.717) is 12.6 Å². The Morgan fingerprint density at radius 2 is 2.11 bits per heavy atom. The Hall–Kier alpha value is -1.16. The van der Waals surface area contributed by atoms with Gasteiger partial charge in [0, 0.05) is 31.2 Å². The molecule has 1 aromatic rings. The van der Waals surface area contributed by atoms with Crippen LogP contribution in [0.4, 0.5) is 10.2 Å². The van der Waals surface area contributed by atoms with E-state index in [4.69, 9.17) is 0 Å². The maximum absolute atomic E-state index is 13.4. The number of halogens is 1. The third-order valence-corrected chi connectivity index (χ3v) is 3.07. The summed E-state index contributed by atoms with van der Waals surface area (Å²) in [5.74, 6) is 0.640. The Bertz CT molecular complexity index is 380. The zero-order valence-electron chi connectivity index (χ0n) is 12.5. The number of rotatable bonds is 8. The third-order valence-electron chi connectivity index (χ3n) is 3.07. The predicted molar refractivity (Wildman–Crippen MR) is 79.0 cm³/mol. The van der Waals surface area contributed by atoms with Crippen molar-refractivity contribution in [1.82, 2.24) is 10.3 Å². The molecule has 1 aromatic heterocycles. The molecule has 0 unspecified atom stereocenters. The van der Waals surface area contributed by atoms with Crippen LogP contribution in [-0.4, -0.2) is 24.1 Å². The summed E-state index contributed by atoms with van der Waals surface area (Å²) in [5, 5.41) is 3.33. The van der Waals surface area contributed by atoms with Crippen LogP contribution in [-0.2, 0) is 6.54 Å². The predicted octanol–water partition coefficient (Wildman–Crippen LogP) is 3.35. The first-order chi connectivity index (χ1) is 9.08. The highest BCUT2D eigenvalue weighted by molar-refractivity contribution is 5.46. The molecule has 0 aliphatic rings. The molecule has 0 bridgehead atoms. The summed E-state index contributed by atoms with van der Waals surface area (Å²) in [5.41, 5.74) is 0.937. The Kier molecular flexibility index (Phi) is 6.78. The molecule has 1 heterocycles. The van der Waals surface area contributed by atoms with Gasteiger partial charge in [-0.05, 0) is 19.4 Å². The van der Waals surface area contributed by atoms with Crippen LogP contribution in [0.1, 0.15) is 46.1 Å². The molecule has 0 saturated carbocycles. The summed E-state index contributed by atoms with van der Waals surface area (Å²) < 4.78 is 13.4. The summed E-state index contributed by atoms with van der Waals surface area (Å²) in [6.45, 7) is 11.0. The van der Waals surface area contributed by atoms with Crippen LogP contribution >= 0.6 is 0 Å². The van der Waals surface area contributed by atoms with Crippen molar-refractivity contribution in [3.63, 3.8) is 0 Å². The third kappa shape index (κ3) is 5.15. The molecule has 0 saturated heterocycles. The van der Waals surface area contributed by atoms with E-state index in [0.717, 1.165) is 37.3 Å². The van der Waals surface area contributed by atoms with E-state index in [1.807, 2.05) is 0 Å². The number of anilines is 1.